The van der Waals surface area contributed by atoms with Crippen LogP contribution < -0.4 is 4.90 Å². The van der Waals surface area contributed by atoms with Crippen LogP contribution in [0.1, 0.15) is 33.9 Å². The predicted molar refractivity (Wildman–Crippen MR) is 143 cm³/mol. The van der Waals surface area contributed by atoms with Crippen LogP contribution in [0.4, 0.5) is 11.4 Å². The topological polar surface area (TPSA) is 15.6 Å². The monoisotopic (exact) mass is 438 g/mol. The Morgan fingerprint density at radius 3 is 2.06 bits per heavy atom. The minimum absolute atomic E-state index is 0.0194. The minimum atomic E-state index is 0.0194. The van der Waals surface area contributed by atoms with Gasteiger partial charge in [-0.25, -0.2) is 4.99 Å². The summed E-state index contributed by atoms with van der Waals surface area (Å²) in [5.41, 5.74) is 8.29. The fourth-order valence-corrected chi connectivity index (χ4v) is 4.91. The van der Waals surface area contributed by atoms with Crippen molar-refractivity contribution in [2.24, 2.45) is 4.99 Å². The fourth-order valence-electron chi connectivity index (χ4n) is 4.91. The van der Waals surface area contributed by atoms with Gasteiger partial charge in [0.2, 0.25) is 0 Å². The average Bonchev–Trinajstić information content (AvgIpc) is 2.88. The number of rotatable bonds is 3. The van der Waals surface area contributed by atoms with Gasteiger partial charge in [0.05, 0.1) is 11.7 Å². The molecule has 0 saturated carbocycles. The molecule has 1 heterocycles. The molecule has 6 rings (SSSR count). The summed E-state index contributed by atoms with van der Waals surface area (Å²) in [5.74, 6) is 0.977. The molecule has 5 aromatic rings. The number of para-hydroxylation sites is 1. The molecule has 2 nitrogen and oxygen atoms in total. The summed E-state index contributed by atoms with van der Waals surface area (Å²) >= 11 is 0. The molecule has 0 bridgehead atoms. The number of hydrogen-bond acceptors (Lipinski definition) is 2. The Labute approximate surface area is 200 Å². The Bertz CT molecular complexity index is 1510. The van der Waals surface area contributed by atoms with Crippen LogP contribution >= 0.6 is 0 Å². The van der Waals surface area contributed by atoms with Crippen LogP contribution in [0.25, 0.3) is 10.8 Å². The van der Waals surface area contributed by atoms with Gasteiger partial charge in [0.1, 0.15) is 5.84 Å². The second kappa shape index (κ2) is 8.31. The van der Waals surface area contributed by atoms with Crippen LogP contribution in [0.3, 0.4) is 0 Å². The van der Waals surface area contributed by atoms with Crippen LogP contribution in [0, 0.1) is 13.8 Å². The van der Waals surface area contributed by atoms with Gasteiger partial charge >= 0.3 is 0 Å². The van der Waals surface area contributed by atoms with Crippen molar-refractivity contribution in [3.8, 4) is 0 Å². The van der Waals surface area contributed by atoms with E-state index in [9.17, 15) is 0 Å². The van der Waals surface area contributed by atoms with Gasteiger partial charge in [-0.3, -0.25) is 0 Å². The molecule has 1 unspecified atom stereocenters. The highest BCUT2D eigenvalue weighted by molar-refractivity contribution is 6.19. The zero-order chi connectivity index (χ0) is 23.1. The Hall–Kier alpha value is -4.17. The van der Waals surface area contributed by atoms with Crippen LogP contribution in [0.2, 0.25) is 0 Å². The van der Waals surface area contributed by atoms with Gasteiger partial charge in [-0.1, -0.05) is 108 Å². The first-order chi connectivity index (χ1) is 16.7. The van der Waals surface area contributed by atoms with Gasteiger partial charge in [0.25, 0.3) is 0 Å². The molecule has 0 fully saturated rings. The van der Waals surface area contributed by atoms with Gasteiger partial charge in [-0.15, -0.1) is 0 Å². The molecule has 0 amide bonds. The maximum Gasteiger partial charge on any atom is 0.142 e. The van der Waals surface area contributed by atoms with E-state index in [1.807, 2.05) is 0 Å². The molecule has 0 spiro atoms. The summed E-state index contributed by atoms with van der Waals surface area (Å²) in [7, 11) is 0. The number of aliphatic imine (C=N–C) groups is 1. The zero-order valence-electron chi connectivity index (χ0n) is 19.4. The van der Waals surface area contributed by atoms with Crippen molar-refractivity contribution < 1.29 is 0 Å². The molecule has 1 aliphatic heterocycles. The molecule has 0 aromatic heterocycles. The van der Waals surface area contributed by atoms with E-state index in [0.29, 0.717) is 0 Å². The molecule has 0 aliphatic carbocycles. The molecular formula is C32H26N2. The summed E-state index contributed by atoms with van der Waals surface area (Å²) in [4.78, 5) is 7.69. The molecular weight excluding hydrogens is 412 g/mol. The third-order valence-electron chi connectivity index (χ3n) is 6.68. The van der Waals surface area contributed by atoms with E-state index >= 15 is 0 Å². The van der Waals surface area contributed by atoms with Gasteiger partial charge in [0, 0.05) is 16.8 Å². The molecule has 0 N–H and O–H groups in total. The number of benzene rings is 5. The second-order valence-electron chi connectivity index (χ2n) is 9.04. The molecule has 1 aliphatic rings. The quantitative estimate of drug-likeness (QED) is 0.277. The minimum Gasteiger partial charge on any atom is -0.314 e. The molecule has 0 radical (unpaired) electrons. The third kappa shape index (κ3) is 3.48. The smallest absolute Gasteiger partial charge is 0.142 e. The summed E-state index contributed by atoms with van der Waals surface area (Å²) in [6.07, 6.45) is 0. The van der Waals surface area contributed by atoms with Crippen molar-refractivity contribution in [3.05, 3.63) is 143 Å². The van der Waals surface area contributed by atoms with Crippen LogP contribution in [-0.4, -0.2) is 5.84 Å². The summed E-state index contributed by atoms with van der Waals surface area (Å²) in [6, 6.07) is 41.3. The van der Waals surface area contributed by atoms with E-state index in [0.717, 1.165) is 22.8 Å². The summed E-state index contributed by atoms with van der Waals surface area (Å²) < 4.78 is 0. The zero-order valence-corrected chi connectivity index (χ0v) is 19.4. The van der Waals surface area contributed by atoms with E-state index in [1.165, 1.54) is 33.0 Å². The summed E-state index contributed by atoms with van der Waals surface area (Å²) in [5, 5.41) is 2.43. The molecule has 1 atom stereocenters. The van der Waals surface area contributed by atoms with E-state index in [2.05, 4.69) is 134 Å². The lowest BCUT2D eigenvalue weighted by Gasteiger charge is -2.39. The standard InChI is InChI=1S/C32H26N2/c1-22-14-18-25(19-15-22)31-29-11-5-6-13-30(29)33-32(34(31)26-20-16-23(2)17-21-26)28-12-7-9-24-8-3-4-10-27(24)28/h3-21,31H,1-2H3. The van der Waals surface area contributed by atoms with E-state index in [-0.39, 0.29) is 6.04 Å². The molecule has 2 heteroatoms. The highest BCUT2D eigenvalue weighted by Gasteiger charge is 2.33. The maximum atomic E-state index is 5.28. The lowest BCUT2D eigenvalue weighted by Crippen LogP contribution is -2.38. The highest BCUT2D eigenvalue weighted by atomic mass is 15.2. The van der Waals surface area contributed by atoms with Crippen molar-refractivity contribution in [1.29, 1.82) is 0 Å². The Kier molecular flexibility index (Phi) is 5.00. The maximum absolute atomic E-state index is 5.28. The molecule has 164 valence electrons. The lowest BCUT2D eigenvalue weighted by atomic mass is 9.91. The SMILES string of the molecule is Cc1ccc(C2c3ccccc3N=C(c3cccc4ccccc34)N2c2ccc(C)cc2)cc1. The van der Waals surface area contributed by atoms with Gasteiger partial charge in [-0.2, -0.15) is 0 Å². The molecule has 34 heavy (non-hydrogen) atoms. The average molecular weight is 439 g/mol. The highest BCUT2D eigenvalue weighted by Crippen LogP contribution is 2.43. The number of fused-ring (bicyclic) bond motifs is 2. The number of amidine groups is 1. The third-order valence-corrected chi connectivity index (χ3v) is 6.68. The Balaban J connectivity index is 1.66. The largest absolute Gasteiger partial charge is 0.314 e. The van der Waals surface area contributed by atoms with Crippen molar-refractivity contribution in [2.75, 3.05) is 4.90 Å². The number of aryl methyl sites for hydroxylation is 2. The van der Waals surface area contributed by atoms with E-state index in [4.69, 9.17) is 4.99 Å². The molecule has 5 aromatic carbocycles. The van der Waals surface area contributed by atoms with Crippen LogP contribution in [-0.2, 0) is 0 Å². The fraction of sp³-hybridized carbons (Fsp3) is 0.0938. The van der Waals surface area contributed by atoms with Crippen molar-refractivity contribution >= 4 is 28.0 Å². The first-order valence-corrected chi connectivity index (χ1v) is 11.8. The Morgan fingerprint density at radius 2 is 1.26 bits per heavy atom. The first-order valence-electron chi connectivity index (χ1n) is 11.8. The lowest BCUT2D eigenvalue weighted by molar-refractivity contribution is 0.824. The van der Waals surface area contributed by atoms with Gasteiger partial charge < -0.3 is 4.90 Å². The normalized spacial score (nSPS) is 15.2. The van der Waals surface area contributed by atoms with Crippen molar-refractivity contribution in [2.45, 2.75) is 19.9 Å². The first kappa shape index (κ1) is 20.4. The van der Waals surface area contributed by atoms with Crippen LogP contribution in [0.5, 0.6) is 0 Å². The van der Waals surface area contributed by atoms with Gasteiger partial charge in [-0.05, 0) is 48.4 Å². The van der Waals surface area contributed by atoms with Crippen molar-refractivity contribution in [1.82, 2.24) is 0 Å². The van der Waals surface area contributed by atoms with Crippen LogP contribution in [0.15, 0.2) is 120 Å². The van der Waals surface area contributed by atoms with Crippen molar-refractivity contribution in [3.63, 3.8) is 0 Å². The number of hydrogen-bond donors (Lipinski definition) is 0. The predicted octanol–water partition coefficient (Wildman–Crippen LogP) is 8.14. The Morgan fingerprint density at radius 1 is 0.618 bits per heavy atom. The second-order valence-corrected chi connectivity index (χ2v) is 9.04. The van der Waals surface area contributed by atoms with Gasteiger partial charge in [0.15, 0.2) is 0 Å². The number of nitrogens with zero attached hydrogens (tertiary/aromatic N) is 2. The van der Waals surface area contributed by atoms with E-state index < -0.39 is 0 Å². The number of anilines is 1. The summed E-state index contributed by atoms with van der Waals surface area (Å²) in [6.45, 7) is 4.27. The van der Waals surface area contributed by atoms with E-state index in [1.54, 1.807) is 0 Å². The molecule has 0 saturated heterocycles.